The van der Waals surface area contributed by atoms with Gasteiger partial charge in [-0.05, 0) is 43.4 Å². The van der Waals surface area contributed by atoms with Crippen molar-refractivity contribution in [3.8, 4) is 0 Å². The van der Waals surface area contributed by atoms with Gasteiger partial charge in [0.2, 0.25) is 23.6 Å². The number of carbonyl (C=O) groups is 4. The molecule has 11 heteroatoms. The summed E-state index contributed by atoms with van der Waals surface area (Å²) in [6, 6.07) is 15.0. The van der Waals surface area contributed by atoms with Gasteiger partial charge in [-0.25, -0.2) is 4.98 Å². The number of benzene rings is 2. The Morgan fingerprint density at radius 1 is 1.02 bits per heavy atom. The Morgan fingerprint density at radius 2 is 1.79 bits per heavy atom. The largest absolute Gasteiger partial charge is 0.446 e. The molecule has 0 fully saturated rings. The summed E-state index contributed by atoms with van der Waals surface area (Å²) in [5.74, 6) is -1.41. The zero-order chi connectivity index (χ0) is 30.3. The molecule has 43 heavy (non-hydrogen) atoms. The van der Waals surface area contributed by atoms with E-state index in [2.05, 4.69) is 26.3 Å². The SMILES string of the molecule is C[C@@H]1NC(=O)[C@@H](NC(=O)Cc2cn(C)c3ccccc23)CCCCNC(=O)[C@H](Cc2ccccc2)NC(=O)c2coc1n2. The van der Waals surface area contributed by atoms with Gasteiger partial charge in [-0.2, -0.15) is 0 Å². The Kier molecular flexibility index (Phi) is 9.19. The summed E-state index contributed by atoms with van der Waals surface area (Å²) in [6.45, 7) is 2.04. The van der Waals surface area contributed by atoms with Crippen molar-refractivity contribution in [2.24, 2.45) is 7.05 Å². The quantitative estimate of drug-likeness (QED) is 0.284. The highest BCUT2D eigenvalue weighted by Gasteiger charge is 2.27. The molecule has 4 aromatic rings. The van der Waals surface area contributed by atoms with Crippen molar-refractivity contribution >= 4 is 34.5 Å². The van der Waals surface area contributed by atoms with E-state index in [1.807, 2.05) is 72.4 Å². The van der Waals surface area contributed by atoms with Crippen molar-refractivity contribution in [3.05, 3.63) is 89.8 Å². The van der Waals surface area contributed by atoms with Crippen LogP contribution in [0.3, 0.4) is 0 Å². The van der Waals surface area contributed by atoms with Gasteiger partial charge in [-0.15, -0.1) is 0 Å². The number of nitrogens with zero attached hydrogens (tertiary/aromatic N) is 2. The summed E-state index contributed by atoms with van der Waals surface area (Å²) < 4.78 is 7.49. The fourth-order valence-corrected chi connectivity index (χ4v) is 5.32. The lowest BCUT2D eigenvalue weighted by molar-refractivity contribution is -0.129. The van der Waals surface area contributed by atoms with Crippen molar-refractivity contribution in [2.45, 2.75) is 57.2 Å². The summed E-state index contributed by atoms with van der Waals surface area (Å²) in [7, 11) is 1.93. The van der Waals surface area contributed by atoms with Crippen molar-refractivity contribution in [1.82, 2.24) is 30.8 Å². The molecule has 4 N–H and O–H groups in total. The van der Waals surface area contributed by atoms with Crippen molar-refractivity contribution in [1.29, 1.82) is 0 Å². The molecule has 3 heterocycles. The maximum absolute atomic E-state index is 13.3. The summed E-state index contributed by atoms with van der Waals surface area (Å²) in [6.07, 6.45) is 5.08. The van der Waals surface area contributed by atoms with E-state index in [9.17, 15) is 19.2 Å². The maximum atomic E-state index is 13.3. The zero-order valence-corrected chi connectivity index (χ0v) is 24.3. The summed E-state index contributed by atoms with van der Waals surface area (Å²) >= 11 is 0. The van der Waals surface area contributed by atoms with Crippen molar-refractivity contribution in [2.75, 3.05) is 6.54 Å². The van der Waals surface area contributed by atoms with E-state index in [1.54, 1.807) is 6.92 Å². The molecule has 4 amide bonds. The monoisotopic (exact) mass is 584 g/mol. The minimum atomic E-state index is -0.818. The van der Waals surface area contributed by atoms with E-state index in [0.29, 0.717) is 32.2 Å². The third kappa shape index (κ3) is 7.29. The lowest BCUT2D eigenvalue weighted by Gasteiger charge is -2.21. The van der Waals surface area contributed by atoms with Crippen molar-refractivity contribution in [3.63, 3.8) is 0 Å². The van der Waals surface area contributed by atoms with Crippen LogP contribution in [0.15, 0.2) is 71.5 Å². The Bertz CT molecular complexity index is 1610. The first-order valence-corrected chi connectivity index (χ1v) is 14.5. The number of rotatable bonds is 5. The second kappa shape index (κ2) is 13.4. The van der Waals surface area contributed by atoms with Crippen LogP contribution < -0.4 is 21.3 Å². The first-order chi connectivity index (χ1) is 20.8. The summed E-state index contributed by atoms with van der Waals surface area (Å²) in [5, 5.41) is 12.4. The van der Waals surface area contributed by atoms with Gasteiger partial charge in [0, 0.05) is 37.1 Å². The van der Waals surface area contributed by atoms with Crippen LogP contribution in [0.4, 0.5) is 0 Å². The van der Waals surface area contributed by atoms with Gasteiger partial charge in [0.25, 0.3) is 5.91 Å². The number of amides is 4. The molecule has 0 unspecified atom stereocenters. The van der Waals surface area contributed by atoms with Gasteiger partial charge in [0.15, 0.2) is 5.69 Å². The van der Waals surface area contributed by atoms with Crippen LogP contribution in [0.1, 0.15) is 59.7 Å². The minimum Gasteiger partial charge on any atom is -0.446 e. The number of para-hydroxylation sites is 1. The van der Waals surface area contributed by atoms with Gasteiger partial charge in [-0.3, -0.25) is 19.2 Å². The van der Waals surface area contributed by atoms with Gasteiger partial charge in [0.05, 0.1) is 6.42 Å². The van der Waals surface area contributed by atoms with E-state index in [-0.39, 0.29) is 35.7 Å². The molecular formula is C32H36N6O5. The molecule has 1 aliphatic heterocycles. The average Bonchev–Trinajstić information content (AvgIpc) is 3.61. The van der Waals surface area contributed by atoms with Crippen LogP contribution in [-0.4, -0.2) is 51.8 Å². The van der Waals surface area contributed by atoms with E-state index in [1.165, 1.54) is 6.26 Å². The number of nitrogens with one attached hydrogen (secondary N) is 4. The molecule has 2 aromatic heterocycles. The Hall–Kier alpha value is -4.93. The predicted octanol–water partition coefficient (Wildman–Crippen LogP) is 2.71. The van der Waals surface area contributed by atoms with E-state index >= 15 is 0 Å². The number of aromatic nitrogens is 2. The highest BCUT2D eigenvalue weighted by Crippen LogP contribution is 2.21. The number of hydrogen-bond acceptors (Lipinski definition) is 6. The lowest BCUT2D eigenvalue weighted by Crippen LogP contribution is -2.49. The molecule has 2 aromatic carbocycles. The highest BCUT2D eigenvalue weighted by molar-refractivity contribution is 5.96. The van der Waals surface area contributed by atoms with Crippen LogP contribution in [0.2, 0.25) is 0 Å². The number of fused-ring (bicyclic) bond motifs is 3. The molecule has 0 radical (unpaired) electrons. The summed E-state index contributed by atoms with van der Waals surface area (Å²) in [4.78, 5) is 56.9. The molecule has 5 rings (SSSR count). The van der Waals surface area contributed by atoms with Crippen LogP contribution in [0.25, 0.3) is 10.9 Å². The number of hydrogen-bond donors (Lipinski definition) is 4. The second-order valence-electron chi connectivity index (χ2n) is 10.9. The topological polar surface area (TPSA) is 147 Å². The standard InChI is InChI=1S/C32H36N6O5/c1-20-32-37-26(19-43-32)31(42)36-25(16-21-10-4-3-5-11-21)29(40)33-15-9-8-13-24(30(41)34-20)35-28(39)17-22-18-38(2)27-14-7-6-12-23(22)27/h3-7,10-12,14,18-20,24-25H,8-9,13,15-17H2,1-2H3,(H,33,40)(H,34,41)(H,35,39)(H,36,42)/t20-,24-,25-/m0/s1. The zero-order valence-electron chi connectivity index (χ0n) is 24.3. The number of oxazole rings is 1. The molecule has 224 valence electrons. The van der Waals surface area contributed by atoms with Crippen LogP contribution >= 0.6 is 0 Å². The van der Waals surface area contributed by atoms with Crippen LogP contribution in [0, 0.1) is 0 Å². The Labute approximate surface area is 249 Å². The molecule has 11 nitrogen and oxygen atoms in total. The van der Waals surface area contributed by atoms with E-state index < -0.39 is 24.0 Å². The second-order valence-corrected chi connectivity index (χ2v) is 10.9. The Morgan fingerprint density at radius 3 is 2.60 bits per heavy atom. The molecular weight excluding hydrogens is 548 g/mol. The van der Waals surface area contributed by atoms with E-state index in [0.717, 1.165) is 22.0 Å². The van der Waals surface area contributed by atoms with E-state index in [4.69, 9.17) is 4.42 Å². The maximum Gasteiger partial charge on any atom is 0.273 e. The first-order valence-electron chi connectivity index (χ1n) is 14.5. The molecule has 0 saturated heterocycles. The predicted molar refractivity (Wildman–Crippen MR) is 160 cm³/mol. The van der Waals surface area contributed by atoms with Gasteiger partial charge in [0.1, 0.15) is 24.4 Å². The fourth-order valence-electron chi connectivity index (χ4n) is 5.32. The molecule has 0 spiro atoms. The van der Waals surface area contributed by atoms with Crippen LogP contribution in [0.5, 0.6) is 0 Å². The van der Waals surface area contributed by atoms with Gasteiger partial charge in [-0.1, -0.05) is 48.5 Å². The Balaban J connectivity index is 1.31. The molecule has 0 saturated carbocycles. The molecule has 1 aliphatic rings. The number of aryl methyl sites for hydroxylation is 1. The summed E-state index contributed by atoms with van der Waals surface area (Å²) in [5.41, 5.74) is 2.79. The third-order valence-corrected chi connectivity index (χ3v) is 7.59. The smallest absolute Gasteiger partial charge is 0.273 e. The van der Waals surface area contributed by atoms with Crippen LogP contribution in [-0.2, 0) is 34.3 Å². The lowest BCUT2D eigenvalue weighted by atomic mass is 10.0. The third-order valence-electron chi connectivity index (χ3n) is 7.59. The average molecular weight is 585 g/mol. The highest BCUT2D eigenvalue weighted by atomic mass is 16.3. The van der Waals surface area contributed by atoms with Gasteiger partial charge >= 0.3 is 0 Å². The van der Waals surface area contributed by atoms with Crippen molar-refractivity contribution < 1.29 is 23.6 Å². The molecule has 0 aliphatic carbocycles. The fraction of sp³-hybridized carbons (Fsp3) is 0.344. The van der Waals surface area contributed by atoms with Gasteiger partial charge < -0.3 is 30.3 Å². The number of carbonyl (C=O) groups excluding carboxylic acids is 4. The first kappa shape index (κ1) is 29.6. The minimum absolute atomic E-state index is 0.00556. The normalized spacial score (nSPS) is 20.2. The molecule has 3 atom stereocenters. The molecule has 2 bridgehead atoms.